The zero-order valence-corrected chi connectivity index (χ0v) is 14.6. The molecular weight excluding hydrogens is 408 g/mol. The first-order chi connectivity index (χ1) is 9.42. The molecule has 4 nitrogen and oxygen atoms in total. The Hall–Kier alpha value is -0.920. The van der Waals surface area contributed by atoms with Crippen molar-refractivity contribution in [2.45, 2.75) is 17.1 Å². The summed E-state index contributed by atoms with van der Waals surface area (Å²) in [4.78, 5) is 4.29. The molecule has 0 aliphatic heterocycles. The van der Waals surface area contributed by atoms with Crippen molar-refractivity contribution in [2.75, 3.05) is 4.72 Å². The summed E-state index contributed by atoms with van der Waals surface area (Å²) in [7, 11) is -3.59. The number of aryl methyl sites for hydroxylation is 1. The summed E-state index contributed by atoms with van der Waals surface area (Å²) in [6.07, 6.45) is 1.47. The van der Waals surface area contributed by atoms with Gasteiger partial charge in [-0.1, -0.05) is 28.1 Å². The number of nitrogens with one attached hydrogen (secondary N) is 1. The van der Waals surface area contributed by atoms with E-state index in [2.05, 4.69) is 41.6 Å². The standard InChI is InChI=1S/C13H12Br2N2O2S/c1-9-6-11(8-16-13(9)15)17-20(18,19)12-4-2-10(7-14)3-5-12/h2-6,8,17H,7H2,1H3. The molecule has 1 N–H and O–H groups in total. The number of halogens is 2. The fraction of sp³-hybridized carbons (Fsp3) is 0.154. The molecule has 20 heavy (non-hydrogen) atoms. The van der Waals surface area contributed by atoms with E-state index < -0.39 is 10.0 Å². The molecule has 0 saturated heterocycles. The van der Waals surface area contributed by atoms with E-state index in [0.29, 0.717) is 15.6 Å². The Bertz CT molecular complexity index is 716. The third kappa shape index (κ3) is 3.59. The van der Waals surface area contributed by atoms with Crippen LogP contribution in [0.25, 0.3) is 0 Å². The summed E-state index contributed by atoms with van der Waals surface area (Å²) in [5, 5.41) is 0.691. The molecule has 0 aliphatic rings. The molecule has 2 rings (SSSR count). The number of nitrogens with zero attached hydrogens (tertiary/aromatic N) is 1. The van der Waals surface area contributed by atoms with Crippen LogP contribution in [0.1, 0.15) is 11.1 Å². The predicted octanol–water partition coefficient (Wildman–Crippen LogP) is 3.85. The number of pyridine rings is 1. The van der Waals surface area contributed by atoms with E-state index in [0.717, 1.165) is 11.1 Å². The summed E-state index contributed by atoms with van der Waals surface area (Å²) in [6.45, 7) is 1.85. The lowest BCUT2D eigenvalue weighted by molar-refractivity contribution is 0.601. The molecule has 1 aromatic carbocycles. The average molecular weight is 420 g/mol. The van der Waals surface area contributed by atoms with Crippen molar-refractivity contribution in [3.8, 4) is 0 Å². The van der Waals surface area contributed by atoms with Crippen LogP contribution in [0.2, 0.25) is 0 Å². The fourth-order valence-electron chi connectivity index (χ4n) is 1.59. The van der Waals surface area contributed by atoms with Gasteiger partial charge in [0.25, 0.3) is 10.0 Å². The Morgan fingerprint density at radius 1 is 1.25 bits per heavy atom. The Labute approximate surface area is 134 Å². The SMILES string of the molecule is Cc1cc(NS(=O)(=O)c2ccc(CBr)cc2)cnc1Br. The molecule has 0 atom stereocenters. The minimum atomic E-state index is -3.59. The maximum atomic E-state index is 12.2. The summed E-state index contributed by atoms with van der Waals surface area (Å²) in [6, 6.07) is 8.43. The van der Waals surface area contributed by atoms with E-state index in [1.807, 2.05) is 6.92 Å². The van der Waals surface area contributed by atoms with Crippen LogP contribution in [0.5, 0.6) is 0 Å². The van der Waals surface area contributed by atoms with Gasteiger partial charge in [0.05, 0.1) is 16.8 Å². The van der Waals surface area contributed by atoms with Crippen molar-refractivity contribution in [2.24, 2.45) is 0 Å². The summed E-state index contributed by atoms with van der Waals surface area (Å²) < 4.78 is 27.7. The largest absolute Gasteiger partial charge is 0.278 e. The van der Waals surface area contributed by atoms with E-state index in [1.165, 1.54) is 6.20 Å². The van der Waals surface area contributed by atoms with Crippen LogP contribution in [0, 0.1) is 6.92 Å². The van der Waals surface area contributed by atoms with E-state index in [9.17, 15) is 8.42 Å². The van der Waals surface area contributed by atoms with Gasteiger partial charge in [-0.3, -0.25) is 4.72 Å². The summed E-state index contributed by atoms with van der Waals surface area (Å²) in [5.74, 6) is 0. The van der Waals surface area contributed by atoms with E-state index in [1.54, 1.807) is 30.3 Å². The van der Waals surface area contributed by atoms with Crippen molar-refractivity contribution in [3.05, 3.63) is 52.3 Å². The topological polar surface area (TPSA) is 59.1 Å². The number of rotatable bonds is 4. The van der Waals surface area contributed by atoms with Crippen molar-refractivity contribution >= 4 is 47.6 Å². The van der Waals surface area contributed by atoms with Gasteiger partial charge in [-0.15, -0.1) is 0 Å². The third-order valence-corrected chi connectivity index (χ3v) is 5.53. The normalized spacial score (nSPS) is 11.3. The van der Waals surface area contributed by atoms with Crippen molar-refractivity contribution < 1.29 is 8.42 Å². The van der Waals surface area contributed by atoms with Gasteiger partial charge in [0.2, 0.25) is 0 Å². The number of benzene rings is 1. The quantitative estimate of drug-likeness (QED) is 0.604. The molecule has 2 aromatic rings. The number of hydrogen-bond donors (Lipinski definition) is 1. The van der Waals surface area contributed by atoms with Gasteiger partial charge in [-0.2, -0.15) is 0 Å². The zero-order valence-electron chi connectivity index (χ0n) is 10.6. The first-order valence-corrected chi connectivity index (χ1v) is 9.12. The average Bonchev–Trinajstić information content (AvgIpc) is 2.43. The number of sulfonamides is 1. The van der Waals surface area contributed by atoms with Gasteiger partial charge < -0.3 is 0 Å². The van der Waals surface area contributed by atoms with Crippen LogP contribution in [0.4, 0.5) is 5.69 Å². The summed E-state index contributed by atoms with van der Waals surface area (Å²) in [5.41, 5.74) is 2.32. The Morgan fingerprint density at radius 3 is 2.45 bits per heavy atom. The number of aromatic nitrogens is 1. The highest BCUT2D eigenvalue weighted by Gasteiger charge is 2.14. The molecule has 0 aliphatic carbocycles. The second kappa shape index (κ2) is 6.24. The molecule has 0 saturated carbocycles. The fourth-order valence-corrected chi connectivity index (χ4v) is 3.21. The molecule has 0 fully saturated rings. The lowest BCUT2D eigenvalue weighted by Crippen LogP contribution is -2.13. The minimum absolute atomic E-state index is 0.225. The van der Waals surface area contributed by atoms with Crippen LogP contribution in [-0.4, -0.2) is 13.4 Å². The molecule has 106 valence electrons. The van der Waals surface area contributed by atoms with Crippen molar-refractivity contribution in [1.29, 1.82) is 0 Å². The van der Waals surface area contributed by atoms with Gasteiger partial charge in [0, 0.05) is 5.33 Å². The van der Waals surface area contributed by atoms with E-state index in [-0.39, 0.29) is 4.90 Å². The first kappa shape index (κ1) is 15.5. The maximum Gasteiger partial charge on any atom is 0.261 e. The van der Waals surface area contributed by atoms with Crippen LogP contribution < -0.4 is 4.72 Å². The highest BCUT2D eigenvalue weighted by Crippen LogP contribution is 2.20. The maximum absolute atomic E-state index is 12.2. The van der Waals surface area contributed by atoms with Crippen LogP contribution in [0.3, 0.4) is 0 Å². The lowest BCUT2D eigenvalue weighted by Gasteiger charge is -2.09. The minimum Gasteiger partial charge on any atom is -0.278 e. The second-order valence-corrected chi connectivity index (χ2v) is 7.21. The third-order valence-electron chi connectivity index (χ3n) is 2.65. The molecule has 1 aromatic heterocycles. The molecule has 7 heteroatoms. The van der Waals surface area contributed by atoms with Crippen molar-refractivity contribution in [1.82, 2.24) is 4.98 Å². The van der Waals surface area contributed by atoms with E-state index in [4.69, 9.17) is 0 Å². The summed E-state index contributed by atoms with van der Waals surface area (Å²) >= 11 is 6.60. The Balaban J connectivity index is 2.27. The van der Waals surface area contributed by atoms with Gasteiger partial charge in [-0.05, 0) is 52.2 Å². The molecule has 0 spiro atoms. The zero-order chi connectivity index (χ0) is 14.8. The van der Waals surface area contributed by atoms with Gasteiger partial charge in [-0.25, -0.2) is 13.4 Å². The smallest absolute Gasteiger partial charge is 0.261 e. The van der Waals surface area contributed by atoms with Crippen molar-refractivity contribution in [3.63, 3.8) is 0 Å². The number of hydrogen-bond acceptors (Lipinski definition) is 3. The predicted molar refractivity (Wildman–Crippen MR) is 86.6 cm³/mol. The molecule has 0 bridgehead atoms. The highest BCUT2D eigenvalue weighted by atomic mass is 79.9. The monoisotopic (exact) mass is 418 g/mol. The Kier molecular flexibility index (Phi) is 4.82. The lowest BCUT2D eigenvalue weighted by atomic mass is 10.2. The van der Waals surface area contributed by atoms with Crippen LogP contribution in [0.15, 0.2) is 46.0 Å². The van der Waals surface area contributed by atoms with Gasteiger partial charge >= 0.3 is 0 Å². The highest BCUT2D eigenvalue weighted by molar-refractivity contribution is 9.10. The molecule has 0 unspecified atom stereocenters. The molecular formula is C13H12Br2N2O2S. The molecule has 0 amide bonds. The van der Waals surface area contributed by atoms with Crippen LogP contribution in [-0.2, 0) is 15.4 Å². The van der Waals surface area contributed by atoms with Gasteiger partial charge in [0.1, 0.15) is 4.60 Å². The second-order valence-electron chi connectivity index (χ2n) is 4.21. The van der Waals surface area contributed by atoms with Crippen LogP contribution >= 0.6 is 31.9 Å². The van der Waals surface area contributed by atoms with Gasteiger partial charge in [0.15, 0.2) is 0 Å². The first-order valence-electron chi connectivity index (χ1n) is 5.72. The number of anilines is 1. The van der Waals surface area contributed by atoms with E-state index >= 15 is 0 Å². The number of alkyl halides is 1. The molecule has 1 heterocycles. The molecule has 0 radical (unpaired) electrons. The Morgan fingerprint density at radius 2 is 1.90 bits per heavy atom.